The molecule has 0 aromatic carbocycles. The minimum Gasteiger partial charge on any atom is -0.481 e. The number of ether oxygens (including phenoxy) is 1. The summed E-state index contributed by atoms with van der Waals surface area (Å²) < 4.78 is 5.03. The van der Waals surface area contributed by atoms with Crippen LogP contribution >= 0.6 is 23.2 Å². The Bertz CT molecular complexity index is 577. The zero-order chi connectivity index (χ0) is 13.1. The van der Waals surface area contributed by atoms with E-state index in [9.17, 15) is 0 Å². The average Bonchev–Trinajstić information content (AvgIpc) is 2.36. The first-order valence-electron chi connectivity index (χ1n) is 5.06. The standard InChI is InChI=1S/C11H10Cl2N4O/c1-6-3-9(18-2)14-5-8(6)16-10-7(12)4-15-11(13)17-10/h3-5H,1-2H3,(H,15,16,17). The summed E-state index contributed by atoms with van der Waals surface area (Å²) in [6.45, 7) is 1.92. The fraction of sp³-hybridized carbons (Fsp3) is 0.182. The van der Waals surface area contributed by atoms with Gasteiger partial charge in [-0.1, -0.05) is 11.6 Å². The van der Waals surface area contributed by atoms with Gasteiger partial charge in [-0.2, -0.15) is 4.98 Å². The lowest BCUT2D eigenvalue weighted by Gasteiger charge is -2.10. The Labute approximate surface area is 114 Å². The van der Waals surface area contributed by atoms with E-state index in [1.54, 1.807) is 19.4 Å². The Morgan fingerprint density at radius 1 is 1.22 bits per heavy atom. The minimum absolute atomic E-state index is 0.126. The lowest BCUT2D eigenvalue weighted by atomic mass is 10.2. The van der Waals surface area contributed by atoms with Crippen LogP contribution in [0.4, 0.5) is 11.5 Å². The van der Waals surface area contributed by atoms with Gasteiger partial charge in [0.05, 0.1) is 25.2 Å². The van der Waals surface area contributed by atoms with Gasteiger partial charge in [-0.05, 0) is 24.1 Å². The number of anilines is 2. The second-order valence-electron chi connectivity index (χ2n) is 3.50. The summed E-state index contributed by atoms with van der Waals surface area (Å²) in [5.41, 5.74) is 1.72. The van der Waals surface area contributed by atoms with Crippen molar-refractivity contribution in [3.8, 4) is 5.88 Å². The van der Waals surface area contributed by atoms with Gasteiger partial charge >= 0.3 is 0 Å². The monoisotopic (exact) mass is 284 g/mol. The van der Waals surface area contributed by atoms with Crippen molar-refractivity contribution in [3.63, 3.8) is 0 Å². The second-order valence-corrected chi connectivity index (χ2v) is 4.25. The van der Waals surface area contributed by atoms with E-state index < -0.39 is 0 Å². The molecule has 2 rings (SSSR count). The van der Waals surface area contributed by atoms with Crippen molar-refractivity contribution in [1.29, 1.82) is 0 Å². The number of nitrogens with one attached hydrogen (secondary N) is 1. The van der Waals surface area contributed by atoms with E-state index in [2.05, 4.69) is 20.3 Å². The van der Waals surface area contributed by atoms with Gasteiger partial charge in [-0.3, -0.25) is 0 Å². The van der Waals surface area contributed by atoms with Gasteiger partial charge < -0.3 is 10.1 Å². The van der Waals surface area contributed by atoms with E-state index >= 15 is 0 Å². The van der Waals surface area contributed by atoms with Crippen LogP contribution < -0.4 is 10.1 Å². The second kappa shape index (κ2) is 5.37. The average molecular weight is 285 g/mol. The fourth-order valence-corrected chi connectivity index (χ4v) is 1.61. The molecule has 5 nitrogen and oxygen atoms in total. The normalized spacial score (nSPS) is 10.2. The number of aromatic nitrogens is 3. The molecule has 2 aromatic rings. The van der Waals surface area contributed by atoms with Gasteiger partial charge in [-0.15, -0.1) is 0 Å². The zero-order valence-electron chi connectivity index (χ0n) is 9.74. The Kier molecular flexibility index (Phi) is 3.84. The van der Waals surface area contributed by atoms with E-state index in [0.717, 1.165) is 11.3 Å². The quantitative estimate of drug-likeness (QED) is 0.877. The summed E-state index contributed by atoms with van der Waals surface area (Å²) in [6.07, 6.45) is 3.08. The van der Waals surface area contributed by atoms with Gasteiger partial charge in [-0.25, -0.2) is 9.97 Å². The molecular formula is C11H10Cl2N4O. The van der Waals surface area contributed by atoms with Crippen LogP contribution in [0.25, 0.3) is 0 Å². The third kappa shape index (κ3) is 2.80. The highest BCUT2D eigenvalue weighted by Gasteiger charge is 2.07. The maximum atomic E-state index is 5.97. The van der Waals surface area contributed by atoms with Crippen molar-refractivity contribution < 1.29 is 4.74 Å². The molecule has 0 aliphatic rings. The maximum Gasteiger partial charge on any atom is 0.224 e. The van der Waals surface area contributed by atoms with Crippen LogP contribution in [0.15, 0.2) is 18.5 Å². The predicted octanol–water partition coefficient (Wildman–Crippen LogP) is 3.24. The maximum absolute atomic E-state index is 5.97. The van der Waals surface area contributed by atoms with Crippen molar-refractivity contribution in [3.05, 3.63) is 34.3 Å². The molecule has 2 aromatic heterocycles. The third-order valence-corrected chi connectivity index (χ3v) is 2.72. The molecule has 0 saturated carbocycles. The Morgan fingerprint density at radius 3 is 2.67 bits per heavy atom. The lowest BCUT2D eigenvalue weighted by molar-refractivity contribution is 0.397. The SMILES string of the molecule is COc1cc(C)c(Nc2nc(Cl)ncc2Cl)cn1. The van der Waals surface area contributed by atoms with E-state index in [0.29, 0.717) is 16.7 Å². The van der Waals surface area contributed by atoms with E-state index in [-0.39, 0.29) is 5.28 Å². The first kappa shape index (κ1) is 12.9. The molecule has 0 atom stereocenters. The number of hydrogen-bond donors (Lipinski definition) is 1. The lowest BCUT2D eigenvalue weighted by Crippen LogP contribution is -1.99. The van der Waals surface area contributed by atoms with Crippen molar-refractivity contribution >= 4 is 34.7 Å². The van der Waals surface area contributed by atoms with Crippen LogP contribution in [0.1, 0.15) is 5.56 Å². The van der Waals surface area contributed by atoms with Crippen LogP contribution in [-0.4, -0.2) is 22.1 Å². The molecule has 18 heavy (non-hydrogen) atoms. The first-order chi connectivity index (χ1) is 8.60. The van der Waals surface area contributed by atoms with E-state index in [4.69, 9.17) is 27.9 Å². The van der Waals surface area contributed by atoms with Crippen LogP contribution in [0.2, 0.25) is 10.3 Å². The van der Waals surface area contributed by atoms with Crippen molar-refractivity contribution in [2.24, 2.45) is 0 Å². The van der Waals surface area contributed by atoms with Crippen molar-refractivity contribution in [2.75, 3.05) is 12.4 Å². The van der Waals surface area contributed by atoms with E-state index in [1.165, 1.54) is 6.20 Å². The van der Waals surface area contributed by atoms with Crippen LogP contribution in [0.5, 0.6) is 5.88 Å². The van der Waals surface area contributed by atoms with Crippen LogP contribution in [0.3, 0.4) is 0 Å². The molecule has 0 aliphatic heterocycles. The number of halogens is 2. The fourth-order valence-electron chi connectivity index (χ4n) is 1.33. The molecule has 0 fully saturated rings. The summed E-state index contributed by atoms with van der Waals surface area (Å²) in [4.78, 5) is 11.9. The van der Waals surface area contributed by atoms with Crippen LogP contribution in [-0.2, 0) is 0 Å². The molecule has 1 N–H and O–H groups in total. The zero-order valence-corrected chi connectivity index (χ0v) is 11.2. The summed E-state index contributed by atoms with van der Waals surface area (Å²) in [5, 5.41) is 3.56. The molecule has 0 amide bonds. The molecule has 7 heteroatoms. The largest absolute Gasteiger partial charge is 0.481 e. The number of hydrogen-bond acceptors (Lipinski definition) is 5. The summed E-state index contributed by atoms with van der Waals surface area (Å²) in [7, 11) is 1.57. The molecule has 0 radical (unpaired) electrons. The highest BCUT2D eigenvalue weighted by molar-refractivity contribution is 6.33. The molecule has 0 bridgehead atoms. The van der Waals surface area contributed by atoms with Gasteiger partial charge in [0.1, 0.15) is 5.02 Å². The minimum atomic E-state index is 0.126. The van der Waals surface area contributed by atoms with Crippen molar-refractivity contribution in [2.45, 2.75) is 6.92 Å². The Hall–Kier alpha value is -1.59. The number of aryl methyl sites for hydroxylation is 1. The number of methoxy groups -OCH3 is 1. The van der Waals surface area contributed by atoms with Gasteiger partial charge in [0, 0.05) is 6.07 Å². The Balaban J connectivity index is 2.31. The predicted molar refractivity (Wildman–Crippen MR) is 70.9 cm³/mol. The van der Waals surface area contributed by atoms with Gasteiger partial charge in [0.25, 0.3) is 0 Å². The van der Waals surface area contributed by atoms with Gasteiger partial charge in [0.15, 0.2) is 5.82 Å². The molecule has 0 aliphatic carbocycles. The van der Waals surface area contributed by atoms with Crippen molar-refractivity contribution in [1.82, 2.24) is 15.0 Å². The summed E-state index contributed by atoms with van der Waals surface area (Å²) >= 11 is 11.7. The third-order valence-electron chi connectivity index (χ3n) is 2.26. The number of nitrogens with zero attached hydrogens (tertiary/aromatic N) is 3. The highest BCUT2D eigenvalue weighted by atomic mass is 35.5. The summed E-state index contributed by atoms with van der Waals surface area (Å²) in [6, 6.07) is 1.80. The Morgan fingerprint density at radius 2 is 2.00 bits per heavy atom. The molecule has 0 unspecified atom stereocenters. The summed E-state index contributed by atoms with van der Waals surface area (Å²) in [5.74, 6) is 0.983. The first-order valence-corrected chi connectivity index (χ1v) is 5.81. The van der Waals surface area contributed by atoms with Crippen LogP contribution in [0, 0.1) is 6.92 Å². The molecule has 94 valence electrons. The molecule has 2 heterocycles. The topological polar surface area (TPSA) is 59.9 Å². The highest BCUT2D eigenvalue weighted by Crippen LogP contribution is 2.26. The number of pyridine rings is 1. The molecule has 0 saturated heterocycles. The van der Waals surface area contributed by atoms with E-state index in [1.807, 2.05) is 6.92 Å². The smallest absolute Gasteiger partial charge is 0.224 e. The molecular weight excluding hydrogens is 275 g/mol. The molecule has 0 spiro atoms. The number of rotatable bonds is 3. The van der Waals surface area contributed by atoms with Gasteiger partial charge in [0.2, 0.25) is 11.2 Å².